The second kappa shape index (κ2) is 6.35. The fraction of sp³-hybridized carbons (Fsp3) is 0.353. The van der Waals surface area contributed by atoms with E-state index in [1.54, 1.807) is 16.2 Å². The molecule has 0 aliphatic carbocycles. The topological polar surface area (TPSA) is 20.3 Å². The first-order valence-electron chi connectivity index (χ1n) is 7.45. The molecule has 0 radical (unpaired) electrons. The van der Waals surface area contributed by atoms with Gasteiger partial charge in [0, 0.05) is 23.5 Å². The molecule has 2 nitrogen and oxygen atoms in total. The molecule has 1 aromatic heterocycles. The number of halogens is 3. The van der Waals surface area contributed by atoms with Crippen LogP contribution in [0, 0.1) is 0 Å². The van der Waals surface area contributed by atoms with E-state index in [9.17, 15) is 18.0 Å². The smallest absolute Gasteiger partial charge is 0.339 e. The summed E-state index contributed by atoms with van der Waals surface area (Å²) >= 11 is 1.71. The summed E-state index contributed by atoms with van der Waals surface area (Å²) in [5.41, 5.74) is -0.675. The average molecular weight is 339 g/mol. The summed E-state index contributed by atoms with van der Waals surface area (Å²) in [5.74, 6) is 0.126. The lowest BCUT2D eigenvalue weighted by Gasteiger charge is -2.31. The lowest BCUT2D eigenvalue weighted by Crippen LogP contribution is -2.37. The fourth-order valence-electron chi connectivity index (χ4n) is 2.90. The number of nitrogens with zero attached hydrogens (tertiary/aromatic N) is 1. The van der Waals surface area contributed by atoms with Gasteiger partial charge in [-0.15, -0.1) is 11.3 Å². The maximum atomic E-state index is 12.8. The van der Waals surface area contributed by atoms with Gasteiger partial charge in [0.1, 0.15) is 0 Å². The Labute approximate surface area is 136 Å². The van der Waals surface area contributed by atoms with Gasteiger partial charge in [0.25, 0.3) is 5.91 Å². The molecular weight excluding hydrogens is 323 g/mol. The highest BCUT2D eigenvalue weighted by molar-refractivity contribution is 7.10. The molecule has 0 N–H and O–H groups in total. The van der Waals surface area contributed by atoms with Gasteiger partial charge in [0.2, 0.25) is 0 Å². The molecule has 1 amide bonds. The van der Waals surface area contributed by atoms with Crippen LogP contribution >= 0.6 is 11.3 Å². The molecule has 0 unspecified atom stereocenters. The van der Waals surface area contributed by atoms with Gasteiger partial charge in [-0.3, -0.25) is 4.79 Å². The van der Waals surface area contributed by atoms with Crippen molar-refractivity contribution in [3.8, 4) is 0 Å². The van der Waals surface area contributed by atoms with Crippen molar-refractivity contribution in [2.75, 3.05) is 13.1 Å². The number of carbonyl (C=O) groups excluding carboxylic acids is 1. The number of thiophene rings is 1. The number of alkyl halides is 3. The molecule has 3 rings (SSSR count). The highest BCUT2D eigenvalue weighted by Crippen LogP contribution is 2.32. The third-order valence-electron chi connectivity index (χ3n) is 4.16. The van der Waals surface area contributed by atoms with Gasteiger partial charge in [-0.05, 0) is 48.4 Å². The summed E-state index contributed by atoms with van der Waals surface area (Å²) in [6.07, 6.45) is -2.72. The van der Waals surface area contributed by atoms with E-state index in [0.717, 1.165) is 25.0 Å². The van der Waals surface area contributed by atoms with E-state index in [1.807, 2.05) is 11.4 Å². The summed E-state index contributed by atoms with van der Waals surface area (Å²) in [7, 11) is 0. The monoisotopic (exact) mass is 339 g/mol. The molecule has 1 aliphatic heterocycles. The first-order valence-corrected chi connectivity index (χ1v) is 8.33. The molecule has 0 saturated carbocycles. The van der Waals surface area contributed by atoms with Gasteiger partial charge >= 0.3 is 6.18 Å². The number of piperidine rings is 1. The van der Waals surface area contributed by atoms with Gasteiger partial charge in [-0.1, -0.05) is 12.1 Å². The molecule has 23 heavy (non-hydrogen) atoms. The molecule has 122 valence electrons. The van der Waals surface area contributed by atoms with E-state index in [-0.39, 0.29) is 11.5 Å². The number of carbonyl (C=O) groups is 1. The highest BCUT2D eigenvalue weighted by atomic mass is 32.1. The van der Waals surface area contributed by atoms with Crippen molar-refractivity contribution in [2.24, 2.45) is 0 Å². The average Bonchev–Trinajstić information content (AvgIpc) is 3.08. The van der Waals surface area contributed by atoms with E-state index in [2.05, 4.69) is 6.07 Å². The van der Waals surface area contributed by atoms with Gasteiger partial charge < -0.3 is 4.90 Å². The highest BCUT2D eigenvalue weighted by Gasteiger charge is 2.32. The fourth-order valence-corrected chi connectivity index (χ4v) is 3.80. The first-order chi connectivity index (χ1) is 10.9. The van der Waals surface area contributed by atoms with Gasteiger partial charge in [0.15, 0.2) is 0 Å². The van der Waals surface area contributed by atoms with Crippen LogP contribution in [0.3, 0.4) is 0 Å². The summed E-state index contributed by atoms with van der Waals surface area (Å²) in [5, 5.41) is 2.04. The standard InChI is InChI=1S/C17H16F3NOS/c18-17(19,20)14-4-1-3-13(11-14)16(22)21-8-6-12(7-9-21)15-5-2-10-23-15/h1-5,10-12H,6-9H2. The third-order valence-corrected chi connectivity index (χ3v) is 5.20. The maximum Gasteiger partial charge on any atom is 0.416 e. The van der Waals surface area contributed by atoms with Crippen molar-refractivity contribution < 1.29 is 18.0 Å². The van der Waals surface area contributed by atoms with Crippen LogP contribution in [0.4, 0.5) is 13.2 Å². The van der Waals surface area contributed by atoms with Crippen LogP contribution in [0.2, 0.25) is 0 Å². The summed E-state index contributed by atoms with van der Waals surface area (Å²) < 4.78 is 38.3. The molecule has 0 atom stereocenters. The Kier molecular flexibility index (Phi) is 4.43. The van der Waals surface area contributed by atoms with Crippen LogP contribution < -0.4 is 0 Å². The van der Waals surface area contributed by atoms with Crippen molar-refractivity contribution in [3.05, 3.63) is 57.8 Å². The molecule has 1 aliphatic rings. The van der Waals surface area contributed by atoms with Crippen LogP contribution in [0.25, 0.3) is 0 Å². The van der Waals surface area contributed by atoms with Gasteiger partial charge in [0.05, 0.1) is 5.56 Å². The van der Waals surface area contributed by atoms with Crippen LogP contribution in [0.1, 0.15) is 39.6 Å². The number of rotatable bonds is 2. The van der Waals surface area contributed by atoms with Crippen molar-refractivity contribution in [1.29, 1.82) is 0 Å². The quantitative estimate of drug-likeness (QED) is 0.770. The van der Waals surface area contributed by atoms with E-state index >= 15 is 0 Å². The number of amides is 1. The maximum absolute atomic E-state index is 12.8. The minimum Gasteiger partial charge on any atom is -0.339 e. The van der Waals surface area contributed by atoms with E-state index in [1.165, 1.54) is 17.0 Å². The Morgan fingerprint density at radius 1 is 1.13 bits per heavy atom. The van der Waals surface area contributed by atoms with Crippen molar-refractivity contribution in [1.82, 2.24) is 4.90 Å². The van der Waals surface area contributed by atoms with Crippen LogP contribution in [0.15, 0.2) is 41.8 Å². The van der Waals surface area contributed by atoms with E-state index < -0.39 is 11.7 Å². The Bertz CT molecular complexity index is 673. The molecule has 6 heteroatoms. The Hall–Kier alpha value is -1.82. The first kappa shape index (κ1) is 16.1. The molecule has 0 spiro atoms. The summed E-state index contributed by atoms with van der Waals surface area (Å²) in [6, 6.07) is 8.77. The van der Waals surface area contributed by atoms with Crippen molar-refractivity contribution >= 4 is 17.2 Å². The van der Waals surface area contributed by atoms with Gasteiger partial charge in [-0.2, -0.15) is 13.2 Å². The number of likely N-dealkylation sites (tertiary alicyclic amines) is 1. The van der Waals surface area contributed by atoms with Crippen LogP contribution in [0.5, 0.6) is 0 Å². The second-order valence-corrected chi connectivity index (χ2v) is 6.64. The predicted octanol–water partition coefficient (Wildman–Crippen LogP) is 4.79. The minimum atomic E-state index is -4.43. The summed E-state index contributed by atoms with van der Waals surface area (Å²) in [6.45, 7) is 1.16. The molecule has 2 aromatic rings. The molecule has 2 heterocycles. The zero-order valence-corrected chi connectivity index (χ0v) is 13.2. The van der Waals surface area contributed by atoms with Crippen LogP contribution in [-0.4, -0.2) is 23.9 Å². The van der Waals surface area contributed by atoms with Gasteiger partial charge in [-0.25, -0.2) is 0 Å². The zero-order valence-electron chi connectivity index (χ0n) is 12.3. The largest absolute Gasteiger partial charge is 0.416 e. The lowest BCUT2D eigenvalue weighted by molar-refractivity contribution is -0.137. The SMILES string of the molecule is O=C(c1cccc(C(F)(F)F)c1)N1CCC(c2cccs2)CC1. The van der Waals surface area contributed by atoms with Crippen LogP contribution in [-0.2, 0) is 6.18 Å². The number of hydrogen-bond donors (Lipinski definition) is 0. The zero-order chi connectivity index (χ0) is 16.4. The van der Waals surface area contributed by atoms with E-state index in [0.29, 0.717) is 19.0 Å². The predicted molar refractivity (Wildman–Crippen MR) is 83.6 cm³/mol. The Morgan fingerprint density at radius 3 is 2.48 bits per heavy atom. The lowest BCUT2D eigenvalue weighted by atomic mass is 9.95. The second-order valence-electron chi connectivity index (χ2n) is 5.66. The number of benzene rings is 1. The van der Waals surface area contributed by atoms with Crippen molar-refractivity contribution in [2.45, 2.75) is 24.9 Å². The third kappa shape index (κ3) is 3.58. The summed E-state index contributed by atoms with van der Waals surface area (Å²) in [4.78, 5) is 15.4. The normalized spacial score (nSPS) is 16.6. The molecule has 1 aromatic carbocycles. The number of hydrogen-bond acceptors (Lipinski definition) is 2. The molecule has 1 fully saturated rings. The molecule has 0 bridgehead atoms. The Balaban J connectivity index is 1.68. The minimum absolute atomic E-state index is 0.106. The molecular formula is C17H16F3NOS. The Morgan fingerprint density at radius 2 is 1.87 bits per heavy atom. The molecule has 1 saturated heterocycles. The van der Waals surface area contributed by atoms with E-state index in [4.69, 9.17) is 0 Å². The van der Waals surface area contributed by atoms with Crippen molar-refractivity contribution in [3.63, 3.8) is 0 Å².